The van der Waals surface area contributed by atoms with Crippen LogP contribution in [0.1, 0.15) is 13.8 Å². The zero-order valence-corrected chi connectivity index (χ0v) is 10.6. The van der Waals surface area contributed by atoms with Crippen molar-refractivity contribution in [1.29, 1.82) is 0 Å². The molecule has 2 heterocycles. The van der Waals surface area contributed by atoms with Crippen molar-refractivity contribution < 1.29 is 29.0 Å². The smallest absolute Gasteiger partial charge is 0.347 e. The van der Waals surface area contributed by atoms with Crippen molar-refractivity contribution in [2.24, 2.45) is 5.92 Å². The van der Waals surface area contributed by atoms with Gasteiger partial charge in [-0.2, -0.15) is 0 Å². The molecule has 0 spiro atoms. The second-order valence-electron chi connectivity index (χ2n) is 4.69. The van der Waals surface area contributed by atoms with Crippen LogP contribution in [-0.2, 0) is 23.9 Å². The summed E-state index contributed by atoms with van der Waals surface area (Å²) in [6.45, 7) is 2.91. The molecule has 2 aliphatic heterocycles. The van der Waals surface area contributed by atoms with Crippen LogP contribution in [0.2, 0.25) is 0 Å². The molecule has 0 saturated carbocycles. The monoisotopic (exact) mass is 257 g/mol. The third-order valence-corrected chi connectivity index (χ3v) is 4.12. The lowest BCUT2D eigenvalue weighted by atomic mass is 9.74. The summed E-state index contributed by atoms with van der Waals surface area (Å²) in [6.07, 6.45) is -0.965. The van der Waals surface area contributed by atoms with Crippen molar-refractivity contribution in [3.8, 4) is 0 Å². The minimum absolute atomic E-state index is 0.494. The summed E-state index contributed by atoms with van der Waals surface area (Å²) < 4.78 is 9.56. The molecule has 7 heteroatoms. The SMILES string of the molecule is COC(=O)[C@@]12C(=O)O[C@H](C)[C@]1(O)[C@@H](C)C(=O)N2C. The maximum Gasteiger partial charge on any atom is 0.347 e. The lowest BCUT2D eigenvalue weighted by molar-refractivity contribution is -0.171. The fourth-order valence-corrected chi connectivity index (χ4v) is 3.04. The highest BCUT2D eigenvalue weighted by atomic mass is 16.6. The standard InChI is InChI=1S/C11H15NO6/c1-5-7(13)12(3)10(8(14)17-4)9(15)18-6(2)11(5,10)16/h5-6,16H,1-4H3/t5-,6+,10+,11+/m0/s1. The molecule has 0 aromatic rings. The van der Waals surface area contributed by atoms with E-state index in [9.17, 15) is 19.5 Å². The molecule has 0 aromatic heterocycles. The Morgan fingerprint density at radius 3 is 2.50 bits per heavy atom. The number of amides is 1. The minimum atomic E-state index is -2.10. The van der Waals surface area contributed by atoms with Gasteiger partial charge in [-0.05, 0) is 6.92 Å². The Labute approximate surface area is 104 Å². The number of esters is 2. The van der Waals surface area contributed by atoms with E-state index in [4.69, 9.17) is 4.74 Å². The quantitative estimate of drug-likeness (QED) is 0.463. The largest absolute Gasteiger partial charge is 0.467 e. The number of carbonyl (C=O) groups excluding carboxylic acids is 3. The fraction of sp³-hybridized carbons (Fsp3) is 0.727. The first-order valence-corrected chi connectivity index (χ1v) is 5.55. The van der Waals surface area contributed by atoms with Gasteiger partial charge in [-0.1, -0.05) is 6.92 Å². The molecule has 2 rings (SSSR count). The highest BCUT2D eigenvalue weighted by Crippen LogP contribution is 2.51. The van der Waals surface area contributed by atoms with Crippen molar-refractivity contribution in [2.75, 3.05) is 14.2 Å². The minimum Gasteiger partial charge on any atom is -0.467 e. The van der Waals surface area contributed by atoms with Gasteiger partial charge in [-0.15, -0.1) is 0 Å². The molecule has 2 aliphatic rings. The average Bonchev–Trinajstić information content (AvgIpc) is 2.63. The maximum absolute atomic E-state index is 12.0. The number of likely N-dealkylation sites (tertiary alicyclic amines) is 1. The summed E-state index contributed by atoms with van der Waals surface area (Å²) in [5.74, 6) is -3.36. The zero-order valence-electron chi connectivity index (χ0n) is 10.6. The van der Waals surface area contributed by atoms with Crippen LogP contribution in [0, 0.1) is 5.92 Å². The van der Waals surface area contributed by atoms with Crippen LogP contribution in [0.15, 0.2) is 0 Å². The van der Waals surface area contributed by atoms with E-state index in [1.807, 2.05) is 0 Å². The van der Waals surface area contributed by atoms with Crippen LogP contribution in [0.4, 0.5) is 0 Å². The molecule has 4 atom stereocenters. The number of likely N-dealkylation sites (N-methyl/N-ethyl adjacent to an activating group) is 1. The first-order valence-electron chi connectivity index (χ1n) is 5.55. The normalized spacial score (nSPS) is 42.8. The number of hydrogen-bond acceptors (Lipinski definition) is 6. The number of carbonyl (C=O) groups is 3. The number of nitrogens with zero attached hydrogens (tertiary/aromatic N) is 1. The Balaban J connectivity index is 2.73. The van der Waals surface area contributed by atoms with Crippen LogP contribution in [0.3, 0.4) is 0 Å². The Morgan fingerprint density at radius 2 is 2.00 bits per heavy atom. The van der Waals surface area contributed by atoms with Crippen molar-refractivity contribution in [3.05, 3.63) is 0 Å². The van der Waals surface area contributed by atoms with Crippen LogP contribution < -0.4 is 0 Å². The Bertz CT molecular complexity index is 439. The van der Waals surface area contributed by atoms with Gasteiger partial charge in [0.2, 0.25) is 5.91 Å². The fourth-order valence-electron chi connectivity index (χ4n) is 3.04. The first kappa shape index (κ1) is 12.8. The summed E-state index contributed by atoms with van der Waals surface area (Å²) in [7, 11) is 2.38. The molecule has 0 aromatic carbocycles. The molecule has 18 heavy (non-hydrogen) atoms. The number of hydrogen-bond donors (Lipinski definition) is 1. The van der Waals surface area contributed by atoms with Crippen LogP contribution in [-0.4, -0.2) is 59.3 Å². The molecule has 0 aliphatic carbocycles. The Morgan fingerprint density at radius 1 is 1.44 bits per heavy atom. The number of methoxy groups -OCH3 is 1. The van der Waals surface area contributed by atoms with Gasteiger partial charge in [0, 0.05) is 7.05 Å². The molecule has 0 radical (unpaired) electrons. The summed E-state index contributed by atoms with van der Waals surface area (Å²) in [4.78, 5) is 36.9. The maximum atomic E-state index is 12.0. The lowest BCUT2D eigenvalue weighted by Gasteiger charge is -2.34. The zero-order chi connectivity index (χ0) is 13.9. The number of cyclic esters (lactones) is 1. The second kappa shape index (κ2) is 3.44. The summed E-state index contributed by atoms with van der Waals surface area (Å²) in [5, 5.41) is 10.7. The van der Waals surface area contributed by atoms with Crippen LogP contribution >= 0.6 is 0 Å². The van der Waals surface area contributed by atoms with E-state index in [0.717, 1.165) is 12.0 Å². The van der Waals surface area contributed by atoms with Crippen LogP contribution in [0.25, 0.3) is 0 Å². The number of aliphatic hydroxyl groups is 1. The Kier molecular flexibility index (Phi) is 2.45. The molecule has 2 fully saturated rings. The molecule has 7 nitrogen and oxygen atoms in total. The molecule has 2 saturated heterocycles. The molecule has 0 unspecified atom stereocenters. The predicted molar refractivity (Wildman–Crippen MR) is 57.2 cm³/mol. The topological polar surface area (TPSA) is 93.1 Å². The van der Waals surface area contributed by atoms with E-state index < -0.39 is 41.0 Å². The molecule has 1 amide bonds. The Hall–Kier alpha value is -1.63. The van der Waals surface area contributed by atoms with Gasteiger partial charge >= 0.3 is 11.9 Å². The van der Waals surface area contributed by atoms with Gasteiger partial charge in [0.1, 0.15) is 6.10 Å². The highest BCUT2D eigenvalue weighted by Gasteiger charge is 2.81. The van der Waals surface area contributed by atoms with Gasteiger partial charge < -0.3 is 19.5 Å². The van der Waals surface area contributed by atoms with Gasteiger partial charge in [-0.3, -0.25) is 4.79 Å². The number of fused-ring (bicyclic) bond motifs is 1. The summed E-state index contributed by atoms with van der Waals surface area (Å²) in [5.41, 5.74) is -4.01. The first-order chi connectivity index (χ1) is 8.26. The van der Waals surface area contributed by atoms with E-state index >= 15 is 0 Å². The van der Waals surface area contributed by atoms with E-state index in [2.05, 4.69) is 4.74 Å². The van der Waals surface area contributed by atoms with E-state index in [1.165, 1.54) is 20.9 Å². The van der Waals surface area contributed by atoms with Crippen molar-refractivity contribution in [1.82, 2.24) is 4.90 Å². The third-order valence-electron chi connectivity index (χ3n) is 4.12. The molecular weight excluding hydrogens is 242 g/mol. The van der Waals surface area contributed by atoms with Crippen molar-refractivity contribution in [2.45, 2.75) is 31.1 Å². The van der Waals surface area contributed by atoms with Gasteiger partial charge in [0.05, 0.1) is 13.0 Å². The van der Waals surface area contributed by atoms with E-state index in [1.54, 1.807) is 0 Å². The average molecular weight is 257 g/mol. The van der Waals surface area contributed by atoms with Crippen LogP contribution in [0.5, 0.6) is 0 Å². The van der Waals surface area contributed by atoms with Gasteiger partial charge in [0.15, 0.2) is 5.60 Å². The molecule has 100 valence electrons. The predicted octanol–water partition coefficient (Wildman–Crippen LogP) is -1.32. The molecule has 0 bridgehead atoms. The van der Waals surface area contributed by atoms with Crippen molar-refractivity contribution >= 4 is 17.8 Å². The number of ether oxygens (including phenoxy) is 2. The van der Waals surface area contributed by atoms with Gasteiger partial charge in [-0.25, -0.2) is 9.59 Å². The summed E-state index contributed by atoms with van der Waals surface area (Å²) >= 11 is 0. The lowest BCUT2D eigenvalue weighted by Crippen LogP contribution is -2.66. The van der Waals surface area contributed by atoms with Crippen molar-refractivity contribution in [3.63, 3.8) is 0 Å². The molecular formula is C11H15NO6. The van der Waals surface area contributed by atoms with E-state index in [-0.39, 0.29) is 0 Å². The second-order valence-corrected chi connectivity index (χ2v) is 4.69. The number of rotatable bonds is 1. The van der Waals surface area contributed by atoms with Gasteiger partial charge in [0.25, 0.3) is 5.54 Å². The summed E-state index contributed by atoms with van der Waals surface area (Å²) in [6, 6.07) is 0. The third kappa shape index (κ3) is 0.973. The highest BCUT2D eigenvalue weighted by molar-refractivity contribution is 6.14. The van der Waals surface area contributed by atoms with E-state index in [0.29, 0.717) is 0 Å². The molecule has 1 N–H and O–H groups in total.